The maximum atomic E-state index is 14.0. The van der Waals surface area contributed by atoms with Crippen molar-refractivity contribution in [3.05, 3.63) is 81.8 Å². The number of ketones is 1. The van der Waals surface area contributed by atoms with E-state index in [4.69, 9.17) is 9.47 Å². The third kappa shape index (κ3) is 5.96. The third-order valence-corrected chi connectivity index (χ3v) is 8.86. The van der Waals surface area contributed by atoms with E-state index >= 15 is 0 Å². The van der Waals surface area contributed by atoms with Gasteiger partial charge in [-0.05, 0) is 99.7 Å². The van der Waals surface area contributed by atoms with Crippen molar-refractivity contribution in [3.8, 4) is 21.9 Å². The van der Waals surface area contributed by atoms with E-state index < -0.39 is 0 Å². The number of halogens is 1. The number of ether oxygens (including phenoxy) is 2. The van der Waals surface area contributed by atoms with Crippen molar-refractivity contribution in [1.82, 2.24) is 9.80 Å². The summed E-state index contributed by atoms with van der Waals surface area (Å²) in [5, 5.41) is 0.940. The molecular weight excluding hydrogens is 560 g/mol. The van der Waals surface area contributed by atoms with Gasteiger partial charge in [0.2, 0.25) is 0 Å². The van der Waals surface area contributed by atoms with Crippen molar-refractivity contribution in [2.45, 2.75) is 19.4 Å². The first-order valence-electron chi connectivity index (χ1n) is 13.0. The van der Waals surface area contributed by atoms with E-state index in [0.717, 1.165) is 60.7 Å². The van der Waals surface area contributed by atoms with Gasteiger partial charge in [0.25, 0.3) is 0 Å². The van der Waals surface area contributed by atoms with Crippen LogP contribution in [0.15, 0.2) is 65.1 Å². The molecule has 0 bridgehead atoms. The number of thiophene rings is 1. The Morgan fingerprint density at radius 3 is 2.42 bits per heavy atom. The molecule has 0 aliphatic carbocycles. The molecule has 0 saturated carbocycles. The van der Waals surface area contributed by atoms with Gasteiger partial charge in [-0.15, -0.1) is 11.3 Å². The second kappa shape index (κ2) is 12.0. The number of hydrogen-bond acceptors (Lipinski definition) is 6. The van der Waals surface area contributed by atoms with Gasteiger partial charge in [0, 0.05) is 43.7 Å². The second-order valence-electron chi connectivity index (χ2n) is 9.96. The highest BCUT2D eigenvalue weighted by molar-refractivity contribution is 9.10. The van der Waals surface area contributed by atoms with Crippen LogP contribution in [0.2, 0.25) is 0 Å². The fourth-order valence-electron chi connectivity index (χ4n) is 4.94. The molecule has 4 aromatic rings. The molecule has 5 nitrogen and oxygen atoms in total. The predicted octanol–water partition coefficient (Wildman–Crippen LogP) is 7.11. The fourth-order valence-corrected chi connectivity index (χ4v) is 6.67. The lowest BCUT2D eigenvalue weighted by atomic mass is 9.97. The molecule has 5 rings (SSSR count). The predicted molar refractivity (Wildman–Crippen MR) is 160 cm³/mol. The van der Waals surface area contributed by atoms with Gasteiger partial charge in [0.05, 0.1) is 7.11 Å². The van der Waals surface area contributed by atoms with Gasteiger partial charge in [-0.3, -0.25) is 9.69 Å². The van der Waals surface area contributed by atoms with Crippen molar-refractivity contribution >= 4 is 43.1 Å². The molecule has 1 aliphatic rings. The molecule has 1 fully saturated rings. The summed E-state index contributed by atoms with van der Waals surface area (Å²) >= 11 is 5.30. The van der Waals surface area contributed by atoms with Crippen LogP contribution in [0, 0.1) is 0 Å². The van der Waals surface area contributed by atoms with Gasteiger partial charge in [-0.2, -0.15) is 0 Å². The number of nitrogens with zero attached hydrogens (tertiary/aromatic N) is 2. The first kappa shape index (κ1) is 26.9. The SMILES string of the molecule is COc1ccc2c(C(=O)c3ccc(CN(C)C)c(Br)c3)c(-c3ccc(OCCN4CCCC4)cc3)sc2c1. The van der Waals surface area contributed by atoms with Crippen LogP contribution in [0.3, 0.4) is 0 Å². The van der Waals surface area contributed by atoms with Crippen molar-refractivity contribution in [2.24, 2.45) is 0 Å². The number of carbonyl (C=O) groups excluding carboxylic acids is 1. The quantitative estimate of drug-likeness (QED) is 0.184. The molecule has 0 radical (unpaired) electrons. The zero-order chi connectivity index (χ0) is 26.6. The van der Waals surface area contributed by atoms with Crippen LogP contribution in [-0.4, -0.2) is 63.0 Å². The van der Waals surface area contributed by atoms with Crippen molar-refractivity contribution in [2.75, 3.05) is 47.4 Å². The number of likely N-dealkylation sites (tertiary alicyclic amines) is 1. The number of benzene rings is 3. The Kier molecular flexibility index (Phi) is 8.48. The number of methoxy groups -OCH3 is 1. The minimum atomic E-state index is 0.0134. The summed E-state index contributed by atoms with van der Waals surface area (Å²) in [5.74, 6) is 1.64. The average Bonchev–Trinajstić information content (AvgIpc) is 3.57. The Morgan fingerprint density at radius 1 is 1.00 bits per heavy atom. The Hall–Kier alpha value is -2.71. The first-order chi connectivity index (χ1) is 18.4. The molecule has 38 heavy (non-hydrogen) atoms. The summed E-state index contributed by atoms with van der Waals surface area (Å²) < 4.78 is 13.4. The van der Waals surface area contributed by atoms with Gasteiger partial charge >= 0.3 is 0 Å². The van der Waals surface area contributed by atoms with Crippen LogP contribution in [0.25, 0.3) is 20.5 Å². The maximum absolute atomic E-state index is 14.0. The highest BCUT2D eigenvalue weighted by Crippen LogP contribution is 2.42. The largest absolute Gasteiger partial charge is 0.497 e. The van der Waals surface area contributed by atoms with Crippen LogP contribution >= 0.6 is 27.3 Å². The molecule has 1 saturated heterocycles. The van der Waals surface area contributed by atoms with Crippen LogP contribution < -0.4 is 9.47 Å². The van der Waals surface area contributed by atoms with E-state index in [0.29, 0.717) is 12.2 Å². The minimum absolute atomic E-state index is 0.0134. The minimum Gasteiger partial charge on any atom is -0.497 e. The van der Waals surface area contributed by atoms with E-state index in [2.05, 4.69) is 37.9 Å². The molecule has 0 spiro atoms. The highest BCUT2D eigenvalue weighted by atomic mass is 79.9. The van der Waals surface area contributed by atoms with E-state index in [1.54, 1.807) is 18.4 Å². The lowest BCUT2D eigenvalue weighted by Crippen LogP contribution is -2.25. The monoisotopic (exact) mass is 592 g/mol. The summed E-state index contributed by atoms with van der Waals surface area (Å²) in [4.78, 5) is 19.5. The van der Waals surface area contributed by atoms with Gasteiger partial charge in [0.15, 0.2) is 5.78 Å². The van der Waals surface area contributed by atoms with Crippen molar-refractivity contribution < 1.29 is 14.3 Å². The summed E-state index contributed by atoms with van der Waals surface area (Å²) in [7, 11) is 5.73. The zero-order valence-corrected chi connectivity index (χ0v) is 24.5. The highest BCUT2D eigenvalue weighted by Gasteiger charge is 2.23. The summed E-state index contributed by atoms with van der Waals surface area (Å²) in [6.07, 6.45) is 2.57. The lowest BCUT2D eigenvalue weighted by Gasteiger charge is -2.15. The van der Waals surface area contributed by atoms with Gasteiger partial charge in [-0.1, -0.05) is 28.1 Å². The van der Waals surface area contributed by atoms with Gasteiger partial charge < -0.3 is 14.4 Å². The average molecular weight is 594 g/mol. The van der Waals surface area contributed by atoms with Crippen molar-refractivity contribution in [3.63, 3.8) is 0 Å². The fraction of sp³-hybridized carbons (Fsp3) is 0.323. The third-order valence-electron chi connectivity index (χ3n) is 6.92. The molecular formula is C31H33BrN2O3S. The van der Waals surface area contributed by atoms with Crippen LogP contribution in [-0.2, 0) is 6.54 Å². The van der Waals surface area contributed by atoms with Crippen LogP contribution in [0.4, 0.5) is 0 Å². The smallest absolute Gasteiger partial charge is 0.195 e. The Bertz CT molecular complexity index is 1430. The number of hydrogen-bond donors (Lipinski definition) is 0. The molecule has 1 aromatic heterocycles. The van der Waals surface area contributed by atoms with Crippen LogP contribution in [0.5, 0.6) is 11.5 Å². The number of fused-ring (bicyclic) bond motifs is 1. The summed E-state index contributed by atoms with van der Waals surface area (Å²) in [6.45, 7) is 4.79. The van der Waals surface area contributed by atoms with Gasteiger partial charge in [0.1, 0.15) is 18.1 Å². The standard InChI is InChI=1S/C31H33BrN2O3S/c1-33(2)20-23-7-6-22(18-27(23)32)30(35)29-26-13-12-25(36-3)19-28(26)38-31(29)21-8-10-24(11-9-21)37-17-16-34-14-4-5-15-34/h6-13,18-19H,4-5,14-17,20H2,1-3H3. The maximum Gasteiger partial charge on any atom is 0.195 e. The Morgan fingerprint density at radius 2 is 1.74 bits per heavy atom. The van der Waals surface area contributed by atoms with E-state index in [-0.39, 0.29) is 5.78 Å². The molecule has 0 unspecified atom stereocenters. The molecule has 0 amide bonds. The normalized spacial score (nSPS) is 13.9. The molecule has 2 heterocycles. The summed E-state index contributed by atoms with van der Waals surface area (Å²) in [5.41, 5.74) is 3.54. The lowest BCUT2D eigenvalue weighted by molar-refractivity contribution is 0.104. The molecule has 7 heteroatoms. The molecule has 198 valence electrons. The van der Waals surface area contributed by atoms with E-state index in [1.165, 1.54) is 25.9 Å². The molecule has 0 N–H and O–H groups in total. The Balaban J connectivity index is 1.46. The van der Waals surface area contributed by atoms with E-state index in [1.807, 2.05) is 62.6 Å². The first-order valence-corrected chi connectivity index (χ1v) is 14.6. The van der Waals surface area contributed by atoms with Crippen LogP contribution in [0.1, 0.15) is 34.3 Å². The number of rotatable bonds is 10. The summed E-state index contributed by atoms with van der Waals surface area (Å²) in [6, 6.07) is 19.9. The number of carbonyl (C=O) groups is 1. The van der Waals surface area contributed by atoms with Gasteiger partial charge in [-0.25, -0.2) is 0 Å². The molecule has 1 aliphatic heterocycles. The molecule has 3 aromatic carbocycles. The Labute approximate surface area is 237 Å². The molecule has 0 atom stereocenters. The second-order valence-corrected chi connectivity index (χ2v) is 11.9. The zero-order valence-electron chi connectivity index (χ0n) is 22.1. The van der Waals surface area contributed by atoms with Crippen molar-refractivity contribution in [1.29, 1.82) is 0 Å². The topological polar surface area (TPSA) is 42.0 Å². The van der Waals surface area contributed by atoms with E-state index in [9.17, 15) is 4.79 Å².